The normalized spacial score (nSPS) is 19.9. The molecule has 1 unspecified atom stereocenters. The smallest absolute Gasteiger partial charge is 0.255 e. The van der Waals surface area contributed by atoms with Crippen molar-refractivity contribution < 1.29 is 9.53 Å². The lowest BCUT2D eigenvalue weighted by Gasteiger charge is -2.34. The van der Waals surface area contributed by atoms with Gasteiger partial charge in [-0.1, -0.05) is 27.6 Å². The second-order valence-corrected chi connectivity index (χ2v) is 5.87. The van der Waals surface area contributed by atoms with Gasteiger partial charge in [-0.15, -0.1) is 0 Å². The molecule has 18 heavy (non-hydrogen) atoms. The van der Waals surface area contributed by atoms with Gasteiger partial charge < -0.3 is 9.64 Å². The molecule has 0 bridgehead atoms. The van der Waals surface area contributed by atoms with E-state index in [0.717, 1.165) is 20.9 Å². The number of amides is 1. The van der Waals surface area contributed by atoms with E-state index >= 15 is 0 Å². The van der Waals surface area contributed by atoms with E-state index in [9.17, 15) is 4.79 Å². The van der Waals surface area contributed by atoms with E-state index in [1.54, 1.807) is 0 Å². The first-order valence-corrected chi connectivity index (χ1v) is 7.75. The molecule has 0 aliphatic carbocycles. The molecular weight excluding hydrogens is 362 g/mol. The molecule has 1 atom stereocenters. The molecule has 0 radical (unpaired) electrons. The van der Waals surface area contributed by atoms with Gasteiger partial charge in [0.05, 0.1) is 24.8 Å². The van der Waals surface area contributed by atoms with E-state index < -0.39 is 0 Å². The molecule has 1 heterocycles. The summed E-state index contributed by atoms with van der Waals surface area (Å²) in [5, 5.41) is 0.738. The molecule has 0 saturated carbocycles. The topological polar surface area (TPSA) is 29.5 Å². The number of carbonyl (C=O) groups is 1. The Kier molecular flexibility index (Phi) is 4.81. The predicted molar refractivity (Wildman–Crippen MR) is 78.3 cm³/mol. The maximum atomic E-state index is 12.6. The summed E-state index contributed by atoms with van der Waals surface area (Å²) < 4.78 is 6.25. The van der Waals surface area contributed by atoms with Crippen molar-refractivity contribution in [3.8, 4) is 0 Å². The number of morpholine rings is 1. The van der Waals surface area contributed by atoms with Gasteiger partial charge in [0.2, 0.25) is 0 Å². The second kappa shape index (κ2) is 6.17. The fourth-order valence-corrected chi connectivity index (χ4v) is 2.96. The van der Waals surface area contributed by atoms with Crippen LogP contribution in [-0.2, 0) is 4.74 Å². The zero-order chi connectivity index (χ0) is 13.1. The van der Waals surface area contributed by atoms with Crippen LogP contribution in [0.3, 0.4) is 0 Å². The van der Waals surface area contributed by atoms with E-state index in [2.05, 4.69) is 31.9 Å². The van der Waals surface area contributed by atoms with E-state index in [0.29, 0.717) is 19.8 Å². The highest BCUT2D eigenvalue weighted by atomic mass is 79.9. The van der Waals surface area contributed by atoms with Crippen molar-refractivity contribution in [2.45, 2.75) is 13.0 Å². The van der Waals surface area contributed by atoms with Crippen molar-refractivity contribution in [1.82, 2.24) is 4.90 Å². The van der Waals surface area contributed by atoms with Gasteiger partial charge in [-0.3, -0.25) is 4.79 Å². The van der Waals surface area contributed by atoms with Gasteiger partial charge in [-0.2, -0.15) is 0 Å². The minimum absolute atomic E-state index is 0.0679. The summed E-state index contributed by atoms with van der Waals surface area (Å²) in [6.45, 7) is 3.85. The molecule has 0 aromatic heterocycles. The number of alkyl halides is 1. The number of rotatable bonds is 2. The molecule has 5 heteroatoms. The molecule has 1 saturated heterocycles. The third-order valence-electron chi connectivity index (χ3n) is 3.02. The minimum atomic E-state index is 0.0679. The van der Waals surface area contributed by atoms with Crippen LogP contribution in [0.5, 0.6) is 0 Å². The second-order valence-electron chi connectivity index (χ2n) is 4.36. The number of carbonyl (C=O) groups excluding carboxylic acids is 1. The number of aryl methyl sites for hydroxylation is 1. The Balaban J connectivity index is 2.26. The average molecular weight is 377 g/mol. The number of benzene rings is 1. The summed E-state index contributed by atoms with van der Waals surface area (Å²) in [5.41, 5.74) is 1.81. The van der Waals surface area contributed by atoms with Gasteiger partial charge in [0, 0.05) is 16.3 Å². The highest BCUT2D eigenvalue weighted by Crippen LogP contribution is 2.22. The summed E-state index contributed by atoms with van der Waals surface area (Å²) in [5.74, 6) is 0.0679. The summed E-state index contributed by atoms with van der Waals surface area (Å²) in [6, 6.07) is 5.94. The van der Waals surface area contributed by atoms with Gasteiger partial charge in [-0.05, 0) is 35.0 Å². The van der Waals surface area contributed by atoms with Crippen LogP contribution in [0.2, 0.25) is 0 Å². The van der Waals surface area contributed by atoms with Crippen LogP contribution in [0.15, 0.2) is 22.7 Å². The fourth-order valence-electron chi connectivity index (χ4n) is 2.01. The Labute approximate surface area is 124 Å². The van der Waals surface area contributed by atoms with Gasteiger partial charge in [0.1, 0.15) is 0 Å². The molecule has 2 rings (SSSR count). The Morgan fingerprint density at radius 1 is 1.56 bits per heavy atom. The number of nitrogens with zero attached hydrogens (tertiary/aromatic N) is 1. The molecule has 1 aliphatic rings. The zero-order valence-corrected chi connectivity index (χ0v) is 13.3. The van der Waals surface area contributed by atoms with Crippen molar-refractivity contribution in [2.24, 2.45) is 0 Å². The zero-order valence-electron chi connectivity index (χ0n) is 10.2. The van der Waals surface area contributed by atoms with Gasteiger partial charge >= 0.3 is 0 Å². The van der Waals surface area contributed by atoms with Crippen LogP contribution in [0.25, 0.3) is 0 Å². The number of hydrogen-bond acceptors (Lipinski definition) is 2. The van der Waals surface area contributed by atoms with Gasteiger partial charge in [0.25, 0.3) is 5.91 Å². The molecule has 1 aromatic rings. The molecule has 1 fully saturated rings. The first kappa shape index (κ1) is 14.0. The first-order valence-electron chi connectivity index (χ1n) is 5.84. The largest absolute Gasteiger partial charge is 0.377 e. The summed E-state index contributed by atoms with van der Waals surface area (Å²) in [7, 11) is 0. The number of hydrogen-bond donors (Lipinski definition) is 0. The van der Waals surface area contributed by atoms with E-state index in [4.69, 9.17) is 4.74 Å². The lowest BCUT2D eigenvalue weighted by Crippen LogP contribution is -2.49. The molecule has 1 aliphatic heterocycles. The Hall–Kier alpha value is -0.390. The molecular formula is C13H15Br2NO2. The Morgan fingerprint density at radius 3 is 3.06 bits per heavy atom. The summed E-state index contributed by atoms with van der Waals surface area (Å²) >= 11 is 6.89. The van der Waals surface area contributed by atoms with Gasteiger partial charge in [-0.25, -0.2) is 0 Å². The lowest BCUT2D eigenvalue weighted by atomic mass is 10.1. The minimum Gasteiger partial charge on any atom is -0.377 e. The molecule has 3 nitrogen and oxygen atoms in total. The SMILES string of the molecule is Cc1ccc(Br)c(C(=O)N2CCOCC2CBr)c1. The molecule has 1 amide bonds. The lowest BCUT2D eigenvalue weighted by molar-refractivity contribution is 0.00519. The van der Waals surface area contributed by atoms with Crippen molar-refractivity contribution in [1.29, 1.82) is 0 Å². The van der Waals surface area contributed by atoms with Crippen LogP contribution in [0.4, 0.5) is 0 Å². The van der Waals surface area contributed by atoms with Crippen LogP contribution in [0, 0.1) is 6.92 Å². The van der Waals surface area contributed by atoms with E-state index in [-0.39, 0.29) is 11.9 Å². The third-order valence-corrected chi connectivity index (χ3v) is 4.46. The molecule has 0 spiro atoms. The maximum absolute atomic E-state index is 12.6. The van der Waals surface area contributed by atoms with Crippen molar-refractivity contribution in [3.63, 3.8) is 0 Å². The predicted octanol–water partition coefficient (Wildman–Crippen LogP) is 2.99. The molecule has 1 aromatic carbocycles. The highest BCUT2D eigenvalue weighted by Gasteiger charge is 2.28. The number of halogens is 2. The Morgan fingerprint density at radius 2 is 2.33 bits per heavy atom. The maximum Gasteiger partial charge on any atom is 0.255 e. The van der Waals surface area contributed by atoms with Crippen LogP contribution in [0.1, 0.15) is 15.9 Å². The van der Waals surface area contributed by atoms with Crippen LogP contribution >= 0.6 is 31.9 Å². The third kappa shape index (κ3) is 2.95. The first-order chi connectivity index (χ1) is 8.63. The highest BCUT2D eigenvalue weighted by molar-refractivity contribution is 9.10. The standard InChI is InChI=1S/C13H15Br2NO2/c1-9-2-3-12(15)11(6-9)13(17)16-4-5-18-8-10(16)7-14/h2-3,6,10H,4-5,7-8H2,1H3. The van der Waals surface area contributed by atoms with Crippen molar-refractivity contribution in [3.05, 3.63) is 33.8 Å². The van der Waals surface area contributed by atoms with E-state index in [1.165, 1.54) is 0 Å². The average Bonchev–Trinajstić information content (AvgIpc) is 2.40. The van der Waals surface area contributed by atoms with Crippen molar-refractivity contribution in [2.75, 3.05) is 25.1 Å². The van der Waals surface area contributed by atoms with Crippen LogP contribution in [-0.4, -0.2) is 41.9 Å². The monoisotopic (exact) mass is 375 g/mol. The Bertz CT molecular complexity index is 451. The van der Waals surface area contributed by atoms with Crippen LogP contribution < -0.4 is 0 Å². The van der Waals surface area contributed by atoms with E-state index in [1.807, 2.05) is 30.0 Å². The molecule has 0 N–H and O–H groups in total. The number of ether oxygens (including phenoxy) is 1. The molecule has 98 valence electrons. The van der Waals surface area contributed by atoms with Crippen molar-refractivity contribution >= 4 is 37.8 Å². The fraction of sp³-hybridized carbons (Fsp3) is 0.462. The summed E-state index contributed by atoms with van der Waals surface area (Å²) in [4.78, 5) is 14.4. The summed E-state index contributed by atoms with van der Waals surface area (Å²) in [6.07, 6.45) is 0. The van der Waals surface area contributed by atoms with Gasteiger partial charge in [0.15, 0.2) is 0 Å². The quantitative estimate of drug-likeness (QED) is 0.742.